The maximum Gasteiger partial charge on any atom is 0.0931 e. The zero-order valence-corrected chi connectivity index (χ0v) is 11.6. The Labute approximate surface area is 107 Å². The first-order chi connectivity index (χ1) is 7.49. The lowest BCUT2D eigenvalue weighted by Gasteiger charge is -2.17. The summed E-state index contributed by atoms with van der Waals surface area (Å²) in [4.78, 5) is 1.26. The molecule has 2 nitrogen and oxygen atoms in total. The summed E-state index contributed by atoms with van der Waals surface area (Å²) in [6.45, 7) is 7.03. The standard InChI is InChI=1S/C12H20ClNOS/c1-8(6-9(2)15)7-14-10(3)11-4-5-12(13)16-11/h4-5,8-10,14-15H,6-7H2,1-3H3. The van der Waals surface area contributed by atoms with Gasteiger partial charge in [0.1, 0.15) is 0 Å². The summed E-state index contributed by atoms with van der Waals surface area (Å²) in [6, 6.07) is 4.32. The minimum Gasteiger partial charge on any atom is -0.393 e. The first kappa shape index (κ1) is 14.0. The van der Waals surface area contributed by atoms with Gasteiger partial charge in [0, 0.05) is 10.9 Å². The van der Waals surface area contributed by atoms with Crippen LogP contribution in [-0.2, 0) is 0 Å². The van der Waals surface area contributed by atoms with Crippen LogP contribution in [0.5, 0.6) is 0 Å². The highest BCUT2D eigenvalue weighted by Gasteiger charge is 2.10. The lowest BCUT2D eigenvalue weighted by atomic mass is 10.0. The molecule has 0 aliphatic rings. The van der Waals surface area contributed by atoms with Gasteiger partial charge in [-0.05, 0) is 44.9 Å². The maximum absolute atomic E-state index is 9.27. The molecular formula is C12H20ClNOS. The number of thiophene rings is 1. The van der Waals surface area contributed by atoms with Gasteiger partial charge in [-0.2, -0.15) is 0 Å². The average Bonchev–Trinajstić information content (AvgIpc) is 2.60. The molecule has 4 heteroatoms. The number of hydrogen-bond acceptors (Lipinski definition) is 3. The predicted molar refractivity (Wildman–Crippen MR) is 71.2 cm³/mol. The van der Waals surface area contributed by atoms with E-state index < -0.39 is 0 Å². The summed E-state index contributed by atoms with van der Waals surface area (Å²) in [5.74, 6) is 0.484. The van der Waals surface area contributed by atoms with Crippen LogP contribution >= 0.6 is 22.9 Å². The Morgan fingerprint density at radius 1 is 1.38 bits per heavy atom. The van der Waals surface area contributed by atoms with Gasteiger partial charge >= 0.3 is 0 Å². The van der Waals surface area contributed by atoms with Gasteiger partial charge in [0.25, 0.3) is 0 Å². The fraction of sp³-hybridized carbons (Fsp3) is 0.667. The molecule has 0 aliphatic heterocycles. The fourth-order valence-electron chi connectivity index (χ4n) is 1.71. The highest BCUT2D eigenvalue weighted by atomic mass is 35.5. The van der Waals surface area contributed by atoms with E-state index in [1.54, 1.807) is 11.3 Å². The molecule has 0 bridgehead atoms. The summed E-state index contributed by atoms with van der Waals surface area (Å²) in [5.41, 5.74) is 0. The van der Waals surface area contributed by atoms with Crippen LogP contribution in [0.25, 0.3) is 0 Å². The molecule has 2 N–H and O–H groups in total. The molecular weight excluding hydrogens is 242 g/mol. The molecule has 0 radical (unpaired) electrons. The molecule has 3 unspecified atom stereocenters. The quantitative estimate of drug-likeness (QED) is 0.822. The Hall–Kier alpha value is -0.0900. The normalized spacial score (nSPS) is 17.1. The van der Waals surface area contributed by atoms with E-state index in [9.17, 15) is 5.11 Å². The van der Waals surface area contributed by atoms with E-state index in [2.05, 4.69) is 25.2 Å². The van der Waals surface area contributed by atoms with Gasteiger partial charge in [-0.25, -0.2) is 0 Å². The SMILES string of the molecule is CC(O)CC(C)CNC(C)c1ccc(Cl)s1. The second-order valence-electron chi connectivity index (χ2n) is 4.46. The van der Waals surface area contributed by atoms with E-state index in [-0.39, 0.29) is 6.10 Å². The van der Waals surface area contributed by atoms with Gasteiger partial charge in [-0.3, -0.25) is 0 Å². The van der Waals surface area contributed by atoms with E-state index in [1.165, 1.54) is 4.88 Å². The van der Waals surface area contributed by atoms with Gasteiger partial charge in [-0.1, -0.05) is 18.5 Å². The third-order valence-electron chi connectivity index (χ3n) is 2.54. The van der Waals surface area contributed by atoms with Crippen LogP contribution in [0, 0.1) is 5.92 Å². The van der Waals surface area contributed by atoms with E-state index in [4.69, 9.17) is 11.6 Å². The Morgan fingerprint density at radius 3 is 2.56 bits per heavy atom. The summed E-state index contributed by atoms with van der Waals surface area (Å²) in [7, 11) is 0. The molecule has 1 heterocycles. The van der Waals surface area contributed by atoms with Crippen LogP contribution in [0.4, 0.5) is 0 Å². The Balaban J connectivity index is 2.32. The molecule has 0 aromatic carbocycles. The molecule has 1 aromatic heterocycles. The van der Waals surface area contributed by atoms with Gasteiger partial charge in [0.2, 0.25) is 0 Å². The fourth-order valence-corrected chi connectivity index (χ4v) is 2.79. The van der Waals surface area contributed by atoms with Crippen molar-refractivity contribution in [3.63, 3.8) is 0 Å². The molecule has 92 valence electrons. The van der Waals surface area contributed by atoms with Crippen LogP contribution in [0.1, 0.15) is 38.1 Å². The Morgan fingerprint density at radius 2 is 2.06 bits per heavy atom. The molecule has 0 spiro atoms. The predicted octanol–water partition coefficient (Wildman–Crippen LogP) is 3.46. The minimum atomic E-state index is -0.219. The summed E-state index contributed by atoms with van der Waals surface area (Å²) < 4.78 is 0.834. The topological polar surface area (TPSA) is 32.3 Å². The van der Waals surface area contributed by atoms with E-state index in [0.717, 1.165) is 17.3 Å². The van der Waals surface area contributed by atoms with Crippen molar-refractivity contribution in [1.29, 1.82) is 0 Å². The van der Waals surface area contributed by atoms with Crippen molar-refractivity contribution in [1.82, 2.24) is 5.32 Å². The first-order valence-electron chi connectivity index (χ1n) is 5.65. The smallest absolute Gasteiger partial charge is 0.0931 e. The molecule has 0 saturated carbocycles. The highest BCUT2D eigenvalue weighted by molar-refractivity contribution is 7.16. The van der Waals surface area contributed by atoms with Crippen molar-refractivity contribution in [2.45, 2.75) is 39.3 Å². The van der Waals surface area contributed by atoms with Crippen molar-refractivity contribution in [2.24, 2.45) is 5.92 Å². The van der Waals surface area contributed by atoms with Crippen LogP contribution in [-0.4, -0.2) is 17.8 Å². The lowest BCUT2D eigenvalue weighted by molar-refractivity contribution is 0.162. The molecule has 0 aliphatic carbocycles. The monoisotopic (exact) mass is 261 g/mol. The van der Waals surface area contributed by atoms with E-state index in [1.807, 2.05) is 13.0 Å². The van der Waals surface area contributed by atoms with Crippen molar-refractivity contribution in [3.05, 3.63) is 21.3 Å². The number of aliphatic hydroxyl groups is 1. The van der Waals surface area contributed by atoms with Crippen LogP contribution in [0.3, 0.4) is 0 Å². The zero-order valence-electron chi connectivity index (χ0n) is 10.0. The molecule has 1 rings (SSSR count). The molecule has 0 amide bonds. The van der Waals surface area contributed by atoms with Gasteiger partial charge in [-0.15, -0.1) is 11.3 Å². The molecule has 16 heavy (non-hydrogen) atoms. The van der Waals surface area contributed by atoms with Crippen LogP contribution in [0.2, 0.25) is 4.34 Å². The number of halogens is 1. The van der Waals surface area contributed by atoms with Crippen molar-refractivity contribution in [2.75, 3.05) is 6.54 Å². The molecule has 0 saturated heterocycles. The van der Waals surface area contributed by atoms with Crippen molar-refractivity contribution < 1.29 is 5.11 Å². The van der Waals surface area contributed by atoms with E-state index in [0.29, 0.717) is 12.0 Å². The Kier molecular flexibility index (Phi) is 5.76. The van der Waals surface area contributed by atoms with Gasteiger partial charge in [0.15, 0.2) is 0 Å². The molecule has 0 fully saturated rings. The number of hydrogen-bond donors (Lipinski definition) is 2. The number of rotatable bonds is 6. The summed E-state index contributed by atoms with van der Waals surface area (Å²) >= 11 is 7.51. The average molecular weight is 262 g/mol. The lowest BCUT2D eigenvalue weighted by Crippen LogP contribution is -2.25. The van der Waals surface area contributed by atoms with Crippen LogP contribution in [0.15, 0.2) is 12.1 Å². The van der Waals surface area contributed by atoms with Crippen molar-refractivity contribution in [3.8, 4) is 0 Å². The van der Waals surface area contributed by atoms with Crippen molar-refractivity contribution >= 4 is 22.9 Å². The first-order valence-corrected chi connectivity index (χ1v) is 6.85. The zero-order chi connectivity index (χ0) is 12.1. The number of nitrogens with one attached hydrogen (secondary N) is 1. The highest BCUT2D eigenvalue weighted by Crippen LogP contribution is 2.26. The third-order valence-corrected chi connectivity index (χ3v) is 3.95. The third kappa shape index (κ3) is 4.83. The molecule has 1 aromatic rings. The largest absolute Gasteiger partial charge is 0.393 e. The van der Waals surface area contributed by atoms with Crippen LogP contribution < -0.4 is 5.32 Å². The number of aliphatic hydroxyl groups excluding tert-OH is 1. The van der Waals surface area contributed by atoms with E-state index >= 15 is 0 Å². The van der Waals surface area contributed by atoms with Gasteiger partial charge in [0.05, 0.1) is 10.4 Å². The molecule has 3 atom stereocenters. The van der Waals surface area contributed by atoms with Gasteiger partial charge < -0.3 is 10.4 Å². The second kappa shape index (κ2) is 6.60. The minimum absolute atomic E-state index is 0.219. The summed E-state index contributed by atoms with van der Waals surface area (Å²) in [5, 5.41) is 12.7. The maximum atomic E-state index is 9.27. The summed E-state index contributed by atoms with van der Waals surface area (Å²) in [6.07, 6.45) is 0.619. The Bertz CT molecular complexity index is 314. The second-order valence-corrected chi connectivity index (χ2v) is 6.21.